The van der Waals surface area contributed by atoms with Crippen LogP contribution in [0.5, 0.6) is 0 Å². The molecule has 0 radical (unpaired) electrons. The SMILES string of the molecule is O=C(Nc1cccc(C2SCCCS2)c1)c1ccccc1I. The van der Waals surface area contributed by atoms with Gasteiger partial charge in [0.25, 0.3) is 5.91 Å². The van der Waals surface area contributed by atoms with Crippen LogP contribution in [0.4, 0.5) is 5.69 Å². The lowest BCUT2D eigenvalue weighted by Crippen LogP contribution is -2.13. The molecule has 2 nitrogen and oxygen atoms in total. The van der Waals surface area contributed by atoms with Gasteiger partial charge in [-0.15, -0.1) is 23.5 Å². The molecule has 1 amide bonds. The largest absolute Gasteiger partial charge is 0.322 e. The first-order valence-corrected chi connectivity index (χ1v) is 10.3. The lowest BCUT2D eigenvalue weighted by Gasteiger charge is -2.21. The maximum Gasteiger partial charge on any atom is 0.256 e. The molecule has 114 valence electrons. The van der Waals surface area contributed by atoms with Crippen molar-refractivity contribution >= 4 is 57.7 Å². The standard InChI is InChI=1S/C17H16INOS2/c18-15-8-2-1-7-14(15)16(20)19-13-6-3-5-12(11-13)17-21-9-4-10-22-17/h1-3,5-8,11,17H,4,9-10H2,(H,19,20). The maximum atomic E-state index is 12.4. The zero-order chi connectivity index (χ0) is 15.4. The summed E-state index contributed by atoms with van der Waals surface area (Å²) in [6.45, 7) is 0. The topological polar surface area (TPSA) is 29.1 Å². The van der Waals surface area contributed by atoms with Crippen LogP contribution in [0.15, 0.2) is 48.5 Å². The molecule has 0 bridgehead atoms. The lowest BCUT2D eigenvalue weighted by atomic mass is 10.2. The van der Waals surface area contributed by atoms with Crippen molar-refractivity contribution in [2.45, 2.75) is 11.0 Å². The lowest BCUT2D eigenvalue weighted by molar-refractivity contribution is 0.102. The summed E-state index contributed by atoms with van der Waals surface area (Å²) in [5.74, 6) is 2.39. The summed E-state index contributed by atoms with van der Waals surface area (Å²) in [5.41, 5.74) is 2.87. The summed E-state index contributed by atoms with van der Waals surface area (Å²) in [6.07, 6.45) is 1.29. The summed E-state index contributed by atoms with van der Waals surface area (Å²) in [5, 5.41) is 3.02. The van der Waals surface area contributed by atoms with Gasteiger partial charge in [-0.25, -0.2) is 0 Å². The maximum absolute atomic E-state index is 12.4. The number of rotatable bonds is 3. The molecule has 1 aliphatic rings. The van der Waals surface area contributed by atoms with Gasteiger partial charge in [-0.05, 0) is 70.3 Å². The van der Waals surface area contributed by atoms with Crippen LogP contribution in [-0.4, -0.2) is 17.4 Å². The van der Waals surface area contributed by atoms with E-state index in [0.717, 1.165) is 14.8 Å². The Balaban J connectivity index is 1.75. The molecule has 5 heteroatoms. The van der Waals surface area contributed by atoms with Gasteiger partial charge in [-0.1, -0.05) is 24.3 Å². The first-order valence-electron chi connectivity index (χ1n) is 7.13. The highest BCUT2D eigenvalue weighted by Crippen LogP contribution is 2.44. The molecule has 1 fully saturated rings. The van der Waals surface area contributed by atoms with E-state index in [9.17, 15) is 4.79 Å². The van der Waals surface area contributed by atoms with Crippen molar-refractivity contribution in [2.75, 3.05) is 16.8 Å². The molecule has 1 N–H and O–H groups in total. The van der Waals surface area contributed by atoms with Gasteiger partial charge in [0.1, 0.15) is 0 Å². The van der Waals surface area contributed by atoms with E-state index in [0.29, 0.717) is 4.58 Å². The van der Waals surface area contributed by atoms with Gasteiger partial charge >= 0.3 is 0 Å². The Labute approximate surface area is 153 Å². The Bertz CT molecular complexity index is 671. The van der Waals surface area contributed by atoms with Crippen LogP contribution < -0.4 is 5.32 Å². The van der Waals surface area contributed by atoms with Crippen molar-refractivity contribution in [1.82, 2.24) is 0 Å². The van der Waals surface area contributed by atoms with Crippen molar-refractivity contribution in [2.24, 2.45) is 0 Å². The predicted molar refractivity (Wildman–Crippen MR) is 106 cm³/mol. The van der Waals surface area contributed by atoms with Crippen LogP contribution in [0.1, 0.15) is 26.9 Å². The van der Waals surface area contributed by atoms with Crippen LogP contribution >= 0.6 is 46.1 Å². The highest BCUT2D eigenvalue weighted by Gasteiger charge is 2.17. The molecule has 0 unspecified atom stereocenters. The van der Waals surface area contributed by atoms with Crippen LogP contribution in [0, 0.1) is 3.57 Å². The van der Waals surface area contributed by atoms with E-state index in [1.165, 1.54) is 23.5 Å². The summed E-state index contributed by atoms with van der Waals surface area (Å²) in [4.78, 5) is 12.4. The number of thioether (sulfide) groups is 2. The van der Waals surface area contributed by atoms with E-state index in [2.05, 4.69) is 40.0 Å². The first-order chi connectivity index (χ1) is 10.7. The fraction of sp³-hybridized carbons (Fsp3) is 0.235. The van der Waals surface area contributed by atoms with Crippen molar-refractivity contribution in [3.63, 3.8) is 0 Å². The van der Waals surface area contributed by atoms with Gasteiger partial charge in [0.2, 0.25) is 0 Å². The van der Waals surface area contributed by atoms with E-state index in [4.69, 9.17) is 0 Å². The molecule has 0 saturated carbocycles. The fourth-order valence-electron chi connectivity index (χ4n) is 2.29. The molecule has 22 heavy (non-hydrogen) atoms. The van der Waals surface area contributed by atoms with Crippen LogP contribution in [0.3, 0.4) is 0 Å². The number of carbonyl (C=O) groups excluding carboxylic acids is 1. The van der Waals surface area contributed by atoms with Gasteiger partial charge in [0, 0.05) is 9.26 Å². The zero-order valence-corrected chi connectivity index (χ0v) is 15.7. The highest BCUT2D eigenvalue weighted by molar-refractivity contribution is 14.1. The number of anilines is 1. The number of carbonyl (C=O) groups is 1. The normalized spacial score (nSPS) is 15.5. The van der Waals surface area contributed by atoms with Crippen molar-refractivity contribution < 1.29 is 4.79 Å². The minimum Gasteiger partial charge on any atom is -0.322 e. The fourth-order valence-corrected chi connectivity index (χ4v) is 5.79. The molecule has 1 aliphatic heterocycles. The Kier molecular flexibility index (Phi) is 5.71. The predicted octanol–water partition coefficient (Wildman–Crippen LogP) is 5.41. The third-order valence-electron chi connectivity index (χ3n) is 3.36. The van der Waals surface area contributed by atoms with Gasteiger partial charge in [0.15, 0.2) is 0 Å². The van der Waals surface area contributed by atoms with E-state index >= 15 is 0 Å². The minimum absolute atomic E-state index is 0.0499. The zero-order valence-electron chi connectivity index (χ0n) is 11.9. The number of amides is 1. The Morgan fingerprint density at radius 1 is 1.09 bits per heavy atom. The van der Waals surface area contributed by atoms with Gasteiger partial charge in [0.05, 0.1) is 10.1 Å². The number of hydrogen-bond donors (Lipinski definition) is 1. The van der Waals surface area contributed by atoms with Crippen LogP contribution in [0.25, 0.3) is 0 Å². The molecule has 0 aliphatic carbocycles. The van der Waals surface area contributed by atoms with E-state index < -0.39 is 0 Å². The van der Waals surface area contributed by atoms with Crippen LogP contribution in [-0.2, 0) is 0 Å². The summed E-state index contributed by atoms with van der Waals surface area (Å²) < 4.78 is 1.45. The number of benzene rings is 2. The summed E-state index contributed by atoms with van der Waals surface area (Å²) in [7, 11) is 0. The second kappa shape index (κ2) is 7.75. The molecule has 0 aromatic heterocycles. The molecule has 0 spiro atoms. The molecule has 3 rings (SSSR count). The quantitative estimate of drug-likeness (QED) is 0.646. The molecule has 1 saturated heterocycles. The van der Waals surface area contributed by atoms with Gasteiger partial charge in [-0.3, -0.25) is 4.79 Å². The Morgan fingerprint density at radius 3 is 2.64 bits per heavy atom. The number of halogens is 1. The minimum atomic E-state index is -0.0499. The van der Waals surface area contributed by atoms with E-state index in [1.54, 1.807) is 0 Å². The number of hydrogen-bond acceptors (Lipinski definition) is 3. The summed E-state index contributed by atoms with van der Waals surface area (Å²) >= 11 is 6.18. The average molecular weight is 441 g/mol. The van der Waals surface area contributed by atoms with Crippen molar-refractivity contribution in [3.8, 4) is 0 Å². The van der Waals surface area contributed by atoms with Crippen molar-refractivity contribution in [3.05, 3.63) is 63.2 Å². The first kappa shape index (κ1) is 16.2. The van der Waals surface area contributed by atoms with E-state index in [-0.39, 0.29) is 5.91 Å². The molecule has 0 atom stereocenters. The Morgan fingerprint density at radius 2 is 1.86 bits per heavy atom. The third-order valence-corrected chi connectivity index (χ3v) is 7.32. The molecular weight excluding hydrogens is 425 g/mol. The second-order valence-corrected chi connectivity index (χ2v) is 8.87. The highest BCUT2D eigenvalue weighted by atomic mass is 127. The van der Waals surface area contributed by atoms with E-state index in [1.807, 2.05) is 59.9 Å². The second-order valence-electron chi connectivity index (χ2n) is 4.99. The monoisotopic (exact) mass is 441 g/mol. The Hall–Kier alpha value is -0.660. The van der Waals surface area contributed by atoms with Crippen molar-refractivity contribution in [1.29, 1.82) is 0 Å². The molecule has 2 aromatic carbocycles. The van der Waals surface area contributed by atoms with Gasteiger partial charge in [-0.2, -0.15) is 0 Å². The number of nitrogens with one attached hydrogen (secondary N) is 1. The molecular formula is C17H16INOS2. The smallest absolute Gasteiger partial charge is 0.256 e. The average Bonchev–Trinajstić information content (AvgIpc) is 2.56. The third kappa shape index (κ3) is 4.00. The van der Waals surface area contributed by atoms with Crippen LogP contribution in [0.2, 0.25) is 0 Å². The molecule has 1 heterocycles. The molecule has 2 aromatic rings. The van der Waals surface area contributed by atoms with Gasteiger partial charge < -0.3 is 5.32 Å². The summed E-state index contributed by atoms with van der Waals surface area (Å²) in [6, 6.07) is 15.9.